The third-order valence-electron chi connectivity index (χ3n) is 3.21. The van der Waals surface area contributed by atoms with Crippen LogP contribution in [0.25, 0.3) is 0 Å². The average molecular weight is 338 g/mol. The van der Waals surface area contributed by atoms with Gasteiger partial charge in [0.25, 0.3) is 10.0 Å². The molecule has 0 saturated carbocycles. The fourth-order valence-electron chi connectivity index (χ4n) is 2.23. The lowest BCUT2D eigenvalue weighted by molar-refractivity contribution is -0.116. The van der Waals surface area contributed by atoms with E-state index in [-0.39, 0.29) is 10.1 Å². The van der Waals surface area contributed by atoms with E-state index >= 15 is 0 Å². The molecule has 1 aromatic carbocycles. The monoisotopic (exact) mass is 338 g/mol. The van der Waals surface area contributed by atoms with E-state index in [1.54, 1.807) is 34.5 Å². The second-order valence-corrected chi connectivity index (χ2v) is 7.60. The first-order chi connectivity index (χ1) is 10.5. The van der Waals surface area contributed by atoms with Gasteiger partial charge < -0.3 is 9.64 Å². The molecule has 0 unspecified atom stereocenters. The smallest absolute Gasteiger partial charge is 0.271 e. The van der Waals surface area contributed by atoms with Crippen molar-refractivity contribution in [2.24, 2.45) is 0 Å². The van der Waals surface area contributed by atoms with Crippen LogP contribution < -0.4 is 14.4 Å². The molecule has 0 saturated heterocycles. The molecule has 0 fully saturated rings. The summed E-state index contributed by atoms with van der Waals surface area (Å²) in [6.45, 7) is 2.34. The summed E-state index contributed by atoms with van der Waals surface area (Å²) in [5, 5.41) is 1.70. The molecule has 0 bridgehead atoms. The Morgan fingerprint density at radius 3 is 2.86 bits per heavy atom. The Morgan fingerprint density at radius 2 is 2.18 bits per heavy atom. The molecule has 2 aromatic rings. The number of nitrogens with zero attached hydrogens (tertiary/aromatic N) is 1. The summed E-state index contributed by atoms with van der Waals surface area (Å²) in [4.78, 5) is 13.2. The first kappa shape index (κ1) is 14.9. The number of carbonyl (C=O) groups excluding carboxylic acids is 1. The summed E-state index contributed by atoms with van der Waals surface area (Å²) in [5.74, 6) is 0.461. The fraction of sp³-hybridized carbons (Fsp3) is 0.214. The molecule has 0 spiro atoms. The lowest BCUT2D eigenvalue weighted by Gasteiger charge is -2.29. The van der Waals surface area contributed by atoms with E-state index in [0.29, 0.717) is 30.3 Å². The van der Waals surface area contributed by atoms with Crippen LogP contribution in [0.4, 0.5) is 11.4 Å². The third-order valence-corrected chi connectivity index (χ3v) is 5.99. The van der Waals surface area contributed by atoms with Gasteiger partial charge >= 0.3 is 0 Å². The molecule has 1 aliphatic rings. The summed E-state index contributed by atoms with van der Waals surface area (Å²) in [6, 6.07) is 8.11. The Morgan fingerprint density at radius 1 is 1.36 bits per heavy atom. The minimum atomic E-state index is -3.61. The predicted molar refractivity (Wildman–Crippen MR) is 85.1 cm³/mol. The number of carbonyl (C=O) groups is 1. The molecule has 1 aliphatic heterocycles. The van der Waals surface area contributed by atoms with Crippen LogP contribution in [-0.2, 0) is 14.8 Å². The highest BCUT2D eigenvalue weighted by Gasteiger charge is 2.23. The van der Waals surface area contributed by atoms with Crippen molar-refractivity contribution in [1.82, 2.24) is 0 Å². The molecule has 1 N–H and O–H groups in total. The van der Waals surface area contributed by atoms with E-state index in [0.717, 1.165) is 11.3 Å². The van der Waals surface area contributed by atoms with E-state index in [1.165, 1.54) is 13.0 Å². The Labute approximate surface area is 132 Å². The van der Waals surface area contributed by atoms with Gasteiger partial charge in [0.1, 0.15) is 16.6 Å². The molecule has 3 rings (SSSR count). The van der Waals surface area contributed by atoms with Crippen molar-refractivity contribution < 1.29 is 17.9 Å². The van der Waals surface area contributed by atoms with E-state index in [2.05, 4.69) is 4.72 Å². The molecule has 2 heterocycles. The number of anilines is 2. The first-order valence-electron chi connectivity index (χ1n) is 6.59. The predicted octanol–water partition coefficient (Wildman–Crippen LogP) is 2.29. The van der Waals surface area contributed by atoms with Crippen LogP contribution in [-0.4, -0.2) is 27.5 Å². The molecule has 0 radical (unpaired) electrons. The molecule has 116 valence electrons. The lowest BCUT2D eigenvalue weighted by Crippen LogP contribution is -2.36. The summed E-state index contributed by atoms with van der Waals surface area (Å²) in [5.41, 5.74) is 0.967. The van der Waals surface area contributed by atoms with Crippen molar-refractivity contribution in [1.29, 1.82) is 0 Å². The van der Waals surface area contributed by atoms with Crippen LogP contribution in [0.15, 0.2) is 39.9 Å². The van der Waals surface area contributed by atoms with Crippen LogP contribution in [0, 0.1) is 0 Å². The summed E-state index contributed by atoms with van der Waals surface area (Å²) in [6.07, 6.45) is 0. The van der Waals surface area contributed by atoms with Gasteiger partial charge in [-0.15, -0.1) is 11.3 Å². The van der Waals surface area contributed by atoms with Gasteiger partial charge in [-0.2, -0.15) is 0 Å². The van der Waals surface area contributed by atoms with Crippen molar-refractivity contribution in [3.8, 4) is 5.75 Å². The number of ether oxygens (including phenoxy) is 1. The molecular formula is C14H14N2O4S2. The summed E-state index contributed by atoms with van der Waals surface area (Å²) >= 11 is 1.14. The molecular weight excluding hydrogens is 324 g/mol. The van der Waals surface area contributed by atoms with E-state index in [1.807, 2.05) is 0 Å². The summed E-state index contributed by atoms with van der Waals surface area (Å²) < 4.78 is 32.7. The number of hydrogen-bond donors (Lipinski definition) is 1. The van der Waals surface area contributed by atoms with Crippen LogP contribution in [0.3, 0.4) is 0 Å². The summed E-state index contributed by atoms with van der Waals surface area (Å²) in [7, 11) is -3.61. The number of fused-ring (bicyclic) bond motifs is 1. The second kappa shape index (κ2) is 5.62. The highest BCUT2D eigenvalue weighted by Crippen LogP contribution is 2.35. The van der Waals surface area contributed by atoms with Crippen LogP contribution in [0.2, 0.25) is 0 Å². The van der Waals surface area contributed by atoms with Crippen molar-refractivity contribution in [3.05, 3.63) is 35.7 Å². The zero-order valence-electron chi connectivity index (χ0n) is 11.8. The minimum Gasteiger partial charge on any atom is -0.490 e. The number of thiophene rings is 1. The van der Waals surface area contributed by atoms with Crippen LogP contribution in [0.1, 0.15) is 6.92 Å². The van der Waals surface area contributed by atoms with Gasteiger partial charge in [0.05, 0.1) is 17.9 Å². The number of nitrogens with one attached hydrogen (secondary N) is 1. The van der Waals surface area contributed by atoms with Crippen LogP contribution in [0.5, 0.6) is 5.75 Å². The quantitative estimate of drug-likeness (QED) is 0.932. The molecule has 6 nitrogen and oxygen atoms in total. The van der Waals surface area contributed by atoms with Crippen molar-refractivity contribution >= 4 is 38.6 Å². The van der Waals surface area contributed by atoms with E-state index in [4.69, 9.17) is 4.74 Å². The highest BCUT2D eigenvalue weighted by atomic mass is 32.2. The highest BCUT2D eigenvalue weighted by molar-refractivity contribution is 7.94. The van der Waals surface area contributed by atoms with Gasteiger partial charge in [-0.1, -0.05) is 6.07 Å². The van der Waals surface area contributed by atoms with Gasteiger partial charge in [-0.25, -0.2) is 8.42 Å². The maximum Gasteiger partial charge on any atom is 0.271 e. The SMILES string of the molecule is CC(=O)N1CCOc2ccc(NS(=O)(=O)c3cccs3)cc21. The van der Waals surface area contributed by atoms with E-state index in [9.17, 15) is 13.2 Å². The zero-order chi connectivity index (χ0) is 15.7. The topological polar surface area (TPSA) is 75.7 Å². The minimum absolute atomic E-state index is 0.109. The van der Waals surface area contributed by atoms with Crippen molar-refractivity contribution in [2.45, 2.75) is 11.1 Å². The number of sulfonamides is 1. The van der Waals surface area contributed by atoms with E-state index < -0.39 is 10.0 Å². The molecule has 8 heteroatoms. The number of rotatable bonds is 3. The van der Waals surface area contributed by atoms with Crippen LogP contribution >= 0.6 is 11.3 Å². The van der Waals surface area contributed by atoms with Gasteiger partial charge in [-0.05, 0) is 29.6 Å². The van der Waals surface area contributed by atoms with Gasteiger partial charge in [0.15, 0.2) is 0 Å². The Hall–Kier alpha value is -2.06. The normalized spacial score (nSPS) is 14.1. The number of amides is 1. The number of hydrogen-bond acceptors (Lipinski definition) is 5. The Balaban J connectivity index is 1.94. The van der Waals surface area contributed by atoms with Gasteiger partial charge in [0, 0.05) is 6.92 Å². The average Bonchev–Trinajstić information content (AvgIpc) is 3.01. The maximum absolute atomic E-state index is 12.2. The molecule has 1 aromatic heterocycles. The third kappa shape index (κ3) is 2.79. The molecule has 0 aliphatic carbocycles. The van der Waals surface area contributed by atoms with Gasteiger partial charge in [0.2, 0.25) is 5.91 Å². The molecule has 1 amide bonds. The fourth-order valence-corrected chi connectivity index (χ4v) is 4.27. The van der Waals surface area contributed by atoms with Gasteiger partial charge in [-0.3, -0.25) is 9.52 Å². The largest absolute Gasteiger partial charge is 0.490 e. The zero-order valence-corrected chi connectivity index (χ0v) is 13.4. The second-order valence-electron chi connectivity index (χ2n) is 4.74. The van der Waals surface area contributed by atoms with Crippen molar-refractivity contribution in [3.63, 3.8) is 0 Å². The Bertz CT molecular complexity index is 800. The maximum atomic E-state index is 12.2. The Kier molecular flexibility index (Phi) is 3.79. The standard InChI is InChI=1S/C14H14N2O4S2/c1-10(17)16-6-7-20-13-5-4-11(9-12(13)16)15-22(18,19)14-3-2-8-21-14/h2-5,8-9,15H,6-7H2,1H3. The van der Waals surface area contributed by atoms with Crippen molar-refractivity contribution in [2.75, 3.05) is 22.8 Å². The lowest BCUT2D eigenvalue weighted by atomic mass is 10.2. The first-order valence-corrected chi connectivity index (χ1v) is 8.95. The number of benzene rings is 1. The molecule has 0 atom stereocenters. The molecule has 22 heavy (non-hydrogen) atoms.